The van der Waals surface area contributed by atoms with Crippen LogP contribution in [-0.2, 0) is 10.9 Å². The maximum absolute atomic E-state index is 13.0. The van der Waals surface area contributed by atoms with E-state index in [9.17, 15) is 13.2 Å². The molecule has 1 aromatic carbocycles. The van der Waals surface area contributed by atoms with Crippen molar-refractivity contribution in [1.29, 1.82) is 0 Å². The van der Waals surface area contributed by atoms with Gasteiger partial charge in [0.15, 0.2) is 0 Å². The number of ether oxygens (including phenoxy) is 2. The molecule has 152 valence electrons. The van der Waals surface area contributed by atoms with Crippen LogP contribution >= 0.6 is 0 Å². The molecule has 0 saturated carbocycles. The third-order valence-corrected chi connectivity index (χ3v) is 4.91. The average Bonchev–Trinajstić information content (AvgIpc) is 3.11. The summed E-state index contributed by atoms with van der Waals surface area (Å²) in [6.07, 6.45) is -0.806. The average molecular weight is 405 g/mol. The first kappa shape index (κ1) is 19.4. The summed E-state index contributed by atoms with van der Waals surface area (Å²) in [6.45, 7) is 2.37. The number of hydrogen-bond donors (Lipinski definition) is 1. The molecule has 1 aliphatic heterocycles. The number of aromatic nitrogens is 3. The lowest BCUT2D eigenvalue weighted by atomic mass is 9.84. The summed E-state index contributed by atoms with van der Waals surface area (Å²) >= 11 is 0. The number of nitrogens with zero attached hydrogens (tertiary/aromatic N) is 2. The number of methoxy groups -OCH3 is 1. The van der Waals surface area contributed by atoms with E-state index in [1.54, 1.807) is 13.3 Å². The van der Waals surface area contributed by atoms with Gasteiger partial charge >= 0.3 is 6.18 Å². The van der Waals surface area contributed by atoms with Gasteiger partial charge in [-0.15, -0.1) is 4.99 Å². The van der Waals surface area contributed by atoms with Crippen LogP contribution in [0.3, 0.4) is 0 Å². The lowest BCUT2D eigenvalue weighted by Crippen LogP contribution is -2.42. The van der Waals surface area contributed by atoms with Crippen LogP contribution in [-0.4, -0.2) is 35.5 Å². The van der Waals surface area contributed by atoms with Crippen LogP contribution in [0.4, 0.5) is 19.0 Å². The molecule has 0 amide bonds. The number of H-pyrrole nitrogens is 2. The van der Waals surface area contributed by atoms with Gasteiger partial charge < -0.3 is 14.5 Å². The molecule has 3 heterocycles. The van der Waals surface area contributed by atoms with Crippen molar-refractivity contribution in [3.63, 3.8) is 0 Å². The fraction of sp³-hybridized carbons (Fsp3) is 0.350. The lowest BCUT2D eigenvalue weighted by molar-refractivity contribution is -0.365. The largest absolute Gasteiger partial charge is 0.485 e. The Morgan fingerprint density at radius 1 is 1.41 bits per heavy atom. The summed E-state index contributed by atoms with van der Waals surface area (Å²) in [5.74, 6) is 0.969. The molecular formula is C20H20F3N4O2+. The van der Waals surface area contributed by atoms with Gasteiger partial charge in [-0.05, 0) is 19.1 Å². The second-order valence-electron chi connectivity index (χ2n) is 7.31. The number of aliphatic imine (C=N–C) groups is 1. The second kappa shape index (κ2) is 7.14. The highest BCUT2D eigenvalue weighted by Gasteiger charge is 2.37. The van der Waals surface area contributed by atoms with Crippen molar-refractivity contribution in [2.75, 3.05) is 13.7 Å². The van der Waals surface area contributed by atoms with Crippen LogP contribution in [0, 0.1) is 0 Å². The Morgan fingerprint density at radius 3 is 2.97 bits per heavy atom. The molecule has 0 radical (unpaired) electrons. The van der Waals surface area contributed by atoms with Crippen molar-refractivity contribution >= 4 is 23.1 Å². The summed E-state index contributed by atoms with van der Waals surface area (Å²) < 4.78 is 50.5. The molecule has 0 aliphatic carbocycles. The number of halogens is 3. The van der Waals surface area contributed by atoms with Crippen LogP contribution < -0.4 is 9.72 Å². The Balaban J connectivity index is 1.71. The van der Waals surface area contributed by atoms with Gasteiger partial charge in [0.1, 0.15) is 22.4 Å². The van der Waals surface area contributed by atoms with Crippen molar-refractivity contribution in [3.05, 3.63) is 47.9 Å². The van der Waals surface area contributed by atoms with E-state index in [-0.39, 0.29) is 17.0 Å². The molecule has 29 heavy (non-hydrogen) atoms. The van der Waals surface area contributed by atoms with Crippen molar-refractivity contribution < 1.29 is 27.6 Å². The van der Waals surface area contributed by atoms with Gasteiger partial charge in [-0.2, -0.15) is 13.2 Å². The van der Waals surface area contributed by atoms with E-state index in [4.69, 9.17) is 9.47 Å². The molecule has 2 N–H and O–H groups in total. The molecule has 0 fully saturated rings. The van der Waals surface area contributed by atoms with Crippen LogP contribution in [0.1, 0.15) is 30.5 Å². The summed E-state index contributed by atoms with van der Waals surface area (Å²) in [4.78, 5) is 13.5. The van der Waals surface area contributed by atoms with Gasteiger partial charge in [0, 0.05) is 25.0 Å². The first-order chi connectivity index (χ1) is 13.8. The highest BCUT2D eigenvalue weighted by atomic mass is 19.4. The molecule has 0 bridgehead atoms. The highest BCUT2D eigenvalue weighted by Crippen LogP contribution is 2.40. The molecule has 0 spiro atoms. The molecule has 9 heteroatoms. The van der Waals surface area contributed by atoms with Gasteiger partial charge in [0.25, 0.3) is 5.82 Å². The third-order valence-electron chi connectivity index (χ3n) is 4.91. The van der Waals surface area contributed by atoms with Crippen molar-refractivity contribution in [2.45, 2.75) is 31.0 Å². The van der Waals surface area contributed by atoms with Crippen molar-refractivity contribution in [2.24, 2.45) is 4.99 Å². The molecule has 0 saturated heterocycles. The topological polar surface area (TPSA) is 73.6 Å². The lowest BCUT2D eigenvalue weighted by Gasteiger charge is -2.38. The first-order valence-electron chi connectivity index (χ1n) is 9.07. The number of benzene rings is 1. The van der Waals surface area contributed by atoms with E-state index in [0.29, 0.717) is 18.8 Å². The Hall–Kier alpha value is -2.94. The Morgan fingerprint density at radius 2 is 2.21 bits per heavy atom. The maximum atomic E-state index is 13.0. The normalized spacial score (nSPS) is 22.0. The smallest absolute Gasteiger partial charge is 0.431 e. The second-order valence-corrected chi connectivity index (χ2v) is 7.31. The van der Waals surface area contributed by atoms with E-state index in [0.717, 1.165) is 17.4 Å². The third kappa shape index (κ3) is 3.82. The molecular weight excluding hydrogens is 385 g/mol. The monoisotopic (exact) mass is 405 g/mol. The molecule has 2 atom stereocenters. The minimum absolute atomic E-state index is 0.0854. The molecule has 4 rings (SSSR count). The SMILES string of the molecule is COC[C@@]1(C)CC(/C=N\c2[nH+]cnc3[nH]c(C(F)(F)F)cc23)c2ccccc2O1. The summed E-state index contributed by atoms with van der Waals surface area (Å²) in [5, 5.41) is 0.274. The predicted molar refractivity (Wildman–Crippen MR) is 101 cm³/mol. The molecule has 1 unspecified atom stereocenters. The fourth-order valence-electron chi connectivity index (χ4n) is 3.67. The number of alkyl halides is 3. The molecule has 1 aliphatic rings. The van der Waals surface area contributed by atoms with Gasteiger partial charge in [0.2, 0.25) is 12.0 Å². The number of hydrogen-bond acceptors (Lipinski definition) is 4. The summed E-state index contributed by atoms with van der Waals surface area (Å²) in [6, 6.07) is 8.67. The fourth-order valence-corrected chi connectivity index (χ4v) is 3.67. The van der Waals surface area contributed by atoms with Gasteiger partial charge in [-0.1, -0.05) is 23.2 Å². The van der Waals surface area contributed by atoms with E-state index < -0.39 is 17.5 Å². The van der Waals surface area contributed by atoms with Crippen LogP contribution in [0.2, 0.25) is 0 Å². The van der Waals surface area contributed by atoms with Crippen molar-refractivity contribution in [3.8, 4) is 5.75 Å². The van der Waals surface area contributed by atoms with Crippen LogP contribution in [0.25, 0.3) is 11.0 Å². The molecule has 6 nitrogen and oxygen atoms in total. The molecule has 2 aromatic heterocycles. The van der Waals surface area contributed by atoms with Gasteiger partial charge in [-0.25, -0.2) is 4.98 Å². The van der Waals surface area contributed by atoms with E-state index in [1.165, 1.54) is 6.33 Å². The Labute approximate surface area is 164 Å². The zero-order chi connectivity index (χ0) is 20.6. The van der Waals surface area contributed by atoms with Crippen LogP contribution in [0.15, 0.2) is 41.7 Å². The molecule has 3 aromatic rings. The van der Waals surface area contributed by atoms with Gasteiger partial charge in [0.05, 0.1) is 12.8 Å². The number of para-hydroxylation sites is 1. The summed E-state index contributed by atoms with van der Waals surface area (Å²) in [5.41, 5.74) is -0.297. The van der Waals surface area contributed by atoms with E-state index in [1.807, 2.05) is 31.2 Å². The maximum Gasteiger partial charge on any atom is 0.431 e. The number of fused-ring (bicyclic) bond motifs is 2. The number of rotatable bonds is 4. The number of nitrogens with one attached hydrogen (secondary N) is 2. The highest BCUT2D eigenvalue weighted by molar-refractivity contribution is 5.87. The standard InChI is InChI=1S/C20H19F3N4O2/c1-19(10-28-2)8-12(13-5-3-4-6-15(13)29-19)9-24-17-14-7-16(20(21,22)23)27-18(14)26-11-25-17/h3-7,9,11-12H,8,10H2,1-2H3,(H,25,26,27)/p+1/b24-9-/t12?,19-/m1/s1. The van der Waals surface area contributed by atoms with Gasteiger partial charge in [-0.3, -0.25) is 0 Å². The van der Waals surface area contributed by atoms with Crippen molar-refractivity contribution in [1.82, 2.24) is 9.97 Å². The van der Waals surface area contributed by atoms with Crippen LogP contribution in [0.5, 0.6) is 5.75 Å². The Kier molecular flexibility index (Phi) is 4.77. The Bertz CT molecular complexity index is 1060. The number of aromatic amines is 2. The quantitative estimate of drug-likeness (QED) is 0.665. The van der Waals surface area contributed by atoms with E-state index >= 15 is 0 Å². The first-order valence-corrected chi connectivity index (χ1v) is 9.07. The zero-order valence-corrected chi connectivity index (χ0v) is 15.9. The predicted octanol–water partition coefficient (Wildman–Crippen LogP) is 4.07. The zero-order valence-electron chi connectivity index (χ0n) is 15.9. The minimum Gasteiger partial charge on any atom is -0.485 e. The summed E-state index contributed by atoms with van der Waals surface area (Å²) in [7, 11) is 1.62. The minimum atomic E-state index is -4.48. The van der Waals surface area contributed by atoms with E-state index in [2.05, 4.69) is 19.9 Å².